The van der Waals surface area contributed by atoms with Gasteiger partial charge in [0.25, 0.3) is 0 Å². The molecule has 0 aromatic carbocycles. The number of nitrogens with one attached hydrogen (secondary N) is 1. The van der Waals surface area contributed by atoms with Crippen LogP contribution >= 0.6 is 0 Å². The standard InChI is InChI=1S/C10H16N2O3/c1-6-3-4-8-12(10(6)14)7(5-15-8)9(13)11-2/h6-8H,3-5H2,1-2H3,(H,11,13)/t6?,7-,8-/m0/s1. The van der Waals surface area contributed by atoms with Crippen LogP contribution in [0.3, 0.4) is 0 Å². The summed E-state index contributed by atoms with van der Waals surface area (Å²) in [5.74, 6) is -0.0904. The highest BCUT2D eigenvalue weighted by molar-refractivity contribution is 5.89. The Morgan fingerprint density at radius 1 is 1.53 bits per heavy atom. The molecule has 2 heterocycles. The summed E-state index contributed by atoms with van der Waals surface area (Å²) in [6.07, 6.45) is 1.50. The van der Waals surface area contributed by atoms with Crippen molar-refractivity contribution in [3.63, 3.8) is 0 Å². The van der Waals surface area contributed by atoms with Gasteiger partial charge in [-0.2, -0.15) is 0 Å². The molecule has 84 valence electrons. The number of carbonyl (C=O) groups is 2. The molecular weight excluding hydrogens is 196 g/mol. The molecule has 15 heavy (non-hydrogen) atoms. The maximum Gasteiger partial charge on any atom is 0.245 e. The van der Waals surface area contributed by atoms with E-state index in [1.807, 2.05) is 6.92 Å². The SMILES string of the molecule is CNC(=O)[C@@H]1CO[C@H]2CCC(C)C(=O)N21. The fourth-order valence-electron chi connectivity index (χ4n) is 2.22. The summed E-state index contributed by atoms with van der Waals surface area (Å²) in [4.78, 5) is 25.0. The molecule has 0 aromatic heterocycles. The van der Waals surface area contributed by atoms with Gasteiger partial charge in [0.1, 0.15) is 12.3 Å². The number of hydrogen-bond acceptors (Lipinski definition) is 3. The van der Waals surface area contributed by atoms with Gasteiger partial charge in [0.2, 0.25) is 11.8 Å². The molecular formula is C10H16N2O3. The average molecular weight is 212 g/mol. The molecule has 1 unspecified atom stereocenters. The van der Waals surface area contributed by atoms with E-state index in [0.29, 0.717) is 6.61 Å². The van der Waals surface area contributed by atoms with Gasteiger partial charge in [0.15, 0.2) is 0 Å². The summed E-state index contributed by atoms with van der Waals surface area (Å²) in [5, 5.41) is 2.56. The molecule has 2 saturated heterocycles. The highest BCUT2D eigenvalue weighted by atomic mass is 16.5. The van der Waals surface area contributed by atoms with Crippen LogP contribution in [0.1, 0.15) is 19.8 Å². The Bertz CT molecular complexity index is 292. The van der Waals surface area contributed by atoms with E-state index >= 15 is 0 Å². The fraction of sp³-hybridized carbons (Fsp3) is 0.800. The van der Waals surface area contributed by atoms with E-state index in [0.717, 1.165) is 12.8 Å². The fourth-order valence-corrected chi connectivity index (χ4v) is 2.22. The Morgan fingerprint density at radius 2 is 2.27 bits per heavy atom. The smallest absolute Gasteiger partial charge is 0.245 e. The van der Waals surface area contributed by atoms with Gasteiger partial charge in [0, 0.05) is 13.0 Å². The minimum atomic E-state index is -0.435. The monoisotopic (exact) mass is 212 g/mol. The second-order valence-corrected chi connectivity index (χ2v) is 4.14. The summed E-state index contributed by atoms with van der Waals surface area (Å²) in [5.41, 5.74) is 0. The molecule has 5 heteroatoms. The van der Waals surface area contributed by atoms with E-state index in [1.54, 1.807) is 11.9 Å². The number of ether oxygens (including phenoxy) is 1. The third kappa shape index (κ3) is 1.61. The van der Waals surface area contributed by atoms with Gasteiger partial charge in [-0.3, -0.25) is 9.59 Å². The molecule has 2 aliphatic rings. The van der Waals surface area contributed by atoms with Crippen LogP contribution in [0, 0.1) is 5.92 Å². The minimum absolute atomic E-state index is 0.00936. The predicted molar refractivity (Wildman–Crippen MR) is 52.8 cm³/mol. The lowest BCUT2D eigenvalue weighted by atomic mass is 9.97. The average Bonchev–Trinajstić information content (AvgIpc) is 2.67. The highest BCUT2D eigenvalue weighted by Gasteiger charge is 2.45. The summed E-state index contributed by atoms with van der Waals surface area (Å²) >= 11 is 0. The Morgan fingerprint density at radius 3 is 2.93 bits per heavy atom. The van der Waals surface area contributed by atoms with Crippen LogP contribution in [0.4, 0.5) is 0 Å². The van der Waals surface area contributed by atoms with Crippen LogP contribution in [-0.2, 0) is 14.3 Å². The van der Waals surface area contributed by atoms with Crippen LogP contribution in [0.5, 0.6) is 0 Å². The topological polar surface area (TPSA) is 58.6 Å². The van der Waals surface area contributed by atoms with Crippen molar-refractivity contribution >= 4 is 11.8 Å². The number of fused-ring (bicyclic) bond motifs is 1. The Hall–Kier alpha value is -1.10. The normalized spacial score (nSPS) is 35.2. The maximum atomic E-state index is 11.9. The molecule has 2 aliphatic heterocycles. The molecule has 5 nitrogen and oxygen atoms in total. The zero-order valence-corrected chi connectivity index (χ0v) is 9.03. The number of nitrogens with zero attached hydrogens (tertiary/aromatic N) is 1. The first-order chi connectivity index (χ1) is 7.15. The molecule has 3 atom stereocenters. The van der Waals surface area contributed by atoms with E-state index in [2.05, 4.69) is 5.32 Å². The van der Waals surface area contributed by atoms with E-state index in [1.165, 1.54) is 0 Å². The first-order valence-electron chi connectivity index (χ1n) is 5.30. The third-order valence-electron chi connectivity index (χ3n) is 3.16. The minimum Gasteiger partial charge on any atom is -0.357 e. The van der Waals surface area contributed by atoms with E-state index in [9.17, 15) is 9.59 Å². The van der Waals surface area contributed by atoms with Crippen LogP contribution in [-0.4, -0.2) is 42.6 Å². The maximum absolute atomic E-state index is 11.9. The van der Waals surface area contributed by atoms with Crippen molar-refractivity contribution < 1.29 is 14.3 Å². The Kier molecular flexibility index (Phi) is 2.65. The second kappa shape index (κ2) is 3.81. The Balaban J connectivity index is 2.17. The van der Waals surface area contributed by atoms with Crippen molar-refractivity contribution in [2.75, 3.05) is 13.7 Å². The number of hydrogen-bond donors (Lipinski definition) is 1. The van der Waals surface area contributed by atoms with E-state index < -0.39 is 6.04 Å². The van der Waals surface area contributed by atoms with Crippen LogP contribution < -0.4 is 5.32 Å². The number of likely N-dealkylation sites (N-methyl/N-ethyl adjacent to an activating group) is 1. The van der Waals surface area contributed by atoms with Gasteiger partial charge in [-0.1, -0.05) is 6.92 Å². The molecule has 0 saturated carbocycles. The quantitative estimate of drug-likeness (QED) is 0.650. The van der Waals surface area contributed by atoms with Crippen LogP contribution in [0.2, 0.25) is 0 Å². The molecule has 2 fully saturated rings. The third-order valence-corrected chi connectivity index (χ3v) is 3.16. The van der Waals surface area contributed by atoms with E-state index in [-0.39, 0.29) is 24.0 Å². The summed E-state index contributed by atoms with van der Waals surface area (Å²) in [6.45, 7) is 2.22. The lowest BCUT2D eigenvalue weighted by molar-refractivity contribution is -0.150. The van der Waals surface area contributed by atoms with Gasteiger partial charge >= 0.3 is 0 Å². The van der Waals surface area contributed by atoms with E-state index in [4.69, 9.17) is 4.74 Å². The van der Waals surface area contributed by atoms with Crippen molar-refractivity contribution in [1.82, 2.24) is 10.2 Å². The number of rotatable bonds is 1. The van der Waals surface area contributed by atoms with Crippen LogP contribution in [0.25, 0.3) is 0 Å². The number of amides is 2. The van der Waals surface area contributed by atoms with Gasteiger partial charge in [0.05, 0.1) is 6.61 Å². The molecule has 0 aromatic rings. The molecule has 0 radical (unpaired) electrons. The number of piperidine rings is 1. The van der Waals surface area contributed by atoms with Crippen molar-refractivity contribution in [3.05, 3.63) is 0 Å². The predicted octanol–water partition coefficient (Wildman–Crippen LogP) is -0.284. The lowest BCUT2D eigenvalue weighted by Crippen LogP contribution is -2.53. The van der Waals surface area contributed by atoms with Gasteiger partial charge in [-0.25, -0.2) is 0 Å². The van der Waals surface area contributed by atoms with Crippen molar-refractivity contribution in [2.45, 2.75) is 32.0 Å². The Labute approximate surface area is 88.8 Å². The molecule has 0 spiro atoms. The van der Waals surface area contributed by atoms with Crippen molar-refractivity contribution in [3.8, 4) is 0 Å². The van der Waals surface area contributed by atoms with Crippen molar-refractivity contribution in [1.29, 1.82) is 0 Å². The molecule has 2 amide bonds. The number of carbonyl (C=O) groups excluding carboxylic acids is 2. The summed E-state index contributed by atoms with van der Waals surface area (Å²) in [7, 11) is 1.58. The largest absolute Gasteiger partial charge is 0.357 e. The zero-order chi connectivity index (χ0) is 11.0. The van der Waals surface area contributed by atoms with Crippen molar-refractivity contribution in [2.24, 2.45) is 5.92 Å². The summed E-state index contributed by atoms with van der Waals surface area (Å²) in [6, 6.07) is -0.435. The molecule has 1 N–H and O–H groups in total. The molecule has 0 bridgehead atoms. The van der Waals surface area contributed by atoms with Gasteiger partial charge in [-0.05, 0) is 12.8 Å². The second-order valence-electron chi connectivity index (χ2n) is 4.14. The molecule has 0 aliphatic carbocycles. The zero-order valence-electron chi connectivity index (χ0n) is 9.03. The van der Waals surface area contributed by atoms with Gasteiger partial charge in [-0.15, -0.1) is 0 Å². The van der Waals surface area contributed by atoms with Crippen LogP contribution in [0.15, 0.2) is 0 Å². The van der Waals surface area contributed by atoms with Gasteiger partial charge < -0.3 is 15.0 Å². The molecule has 2 rings (SSSR count). The lowest BCUT2D eigenvalue weighted by Gasteiger charge is -2.34. The summed E-state index contributed by atoms with van der Waals surface area (Å²) < 4.78 is 5.46. The first kappa shape index (κ1) is 10.4. The highest BCUT2D eigenvalue weighted by Crippen LogP contribution is 2.30. The first-order valence-corrected chi connectivity index (χ1v) is 5.30.